The second-order valence-corrected chi connectivity index (χ2v) is 4.55. The molecule has 2 rings (SSSR count). The van der Waals surface area contributed by atoms with Crippen LogP contribution in [0.4, 0.5) is 23.2 Å². The third-order valence-corrected chi connectivity index (χ3v) is 3.01. The molecule has 2 N–H and O–H groups in total. The second-order valence-electron chi connectivity index (χ2n) is 3.61. The molecular formula is C10H7F4N3OS. The van der Waals surface area contributed by atoms with Gasteiger partial charge in [-0.3, -0.25) is 0 Å². The van der Waals surface area contributed by atoms with Gasteiger partial charge in [-0.25, -0.2) is 4.39 Å². The number of nitrogen functional groups attached to an aromatic ring is 1. The van der Waals surface area contributed by atoms with Crippen molar-refractivity contribution in [2.75, 3.05) is 5.73 Å². The van der Waals surface area contributed by atoms with Crippen LogP contribution in [0.2, 0.25) is 0 Å². The largest absolute Gasteiger partial charge is 0.445 e. The molecule has 0 fully saturated rings. The highest BCUT2D eigenvalue weighted by molar-refractivity contribution is 7.13. The fourth-order valence-electron chi connectivity index (χ4n) is 1.21. The van der Waals surface area contributed by atoms with E-state index in [1.165, 1.54) is 6.07 Å². The summed E-state index contributed by atoms with van der Waals surface area (Å²) in [5.41, 5.74) is 6.23. The average Bonchev–Trinajstić information content (AvgIpc) is 2.74. The van der Waals surface area contributed by atoms with Crippen LogP contribution in [0, 0.1) is 12.7 Å². The molecule has 19 heavy (non-hydrogen) atoms. The third-order valence-electron chi connectivity index (χ3n) is 2.17. The summed E-state index contributed by atoms with van der Waals surface area (Å²) in [5.74, 6) is -1.04. The lowest BCUT2D eigenvalue weighted by Gasteiger charge is -2.06. The fraction of sp³-hybridized carbons (Fsp3) is 0.200. The lowest BCUT2D eigenvalue weighted by Crippen LogP contribution is -2.03. The molecule has 1 aromatic heterocycles. The number of ether oxygens (including phenoxy) is 1. The average molecular weight is 293 g/mol. The Balaban J connectivity index is 2.27. The molecule has 0 aliphatic heterocycles. The molecular weight excluding hydrogens is 286 g/mol. The van der Waals surface area contributed by atoms with Gasteiger partial charge < -0.3 is 10.5 Å². The number of rotatable bonds is 2. The standard InChI is InChI=1S/C10H7F4N3OS/c1-4-2-7(5(11)3-6(4)15)18-9-17-16-8(19-9)10(12,13)14/h2-3H,15H2,1H3. The summed E-state index contributed by atoms with van der Waals surface area (Å²) in [6, 6.07) is 2.30. The van der Waals surface area contributed by atoms with Crippen LogP contribution in [0.25, 0.3) is 0 Å². The van der Waals surface area contributed by atoms with Crippen LogP contribution in [-0.4, -0.2) is 10.2 Å². The first-order chi connectivity index (χ1) is 8.77. The number of nitrogens with zero attached hydrogens (tertiary/aromatic N) is 2. The summed E-state index contributed by atoms with van der Waals surface area (Å²) in [5, 5.41) is 4.57. The van der Waals surface area contributed by atoms with Gasteiger partial charge in [-0.2, -0.15) is 13.2 Å². The first-order valence-corrected chi connectivity index (χ1v) is 5.73. The Labute approximate surface area is 108 Å². The van der Waals surface area contributed by atoms with E-state index < -0.39 is 22.2 Å². The molecule has 102 valence electrons. The molecule has 0 aliphatic rings. The number of alkyl halides is 3. The Hall–Kier alpha value is -1.90. The van der Waals surface area contributed by atoms with Gasteiger partial charge in [0.1, 0.15) is 0 Å². The molecule has 1 aromatic carbocycles. The normalized spacial score (nSPS) is 11.6. The second kappa shape index (κ2) is 4.65. The third kappa shape index (κ3) is 2.92. The van der Waals surface area contributed by atoms with Crippen molar-refractivity contribution in [1.82, 2.24) is 10.2 Å². The van der Waals surface area contributed by atoms with Gasteiger partial charge in [0.25, 0.3) is 5.19 Å². The Kier molecular flexibility index (Phi) is 3.31. The molecule has 0 atom stereocenters. The summed E-state index contributed by atoms with van der Waals surface area (Å²) in [4.78, 5) is 0. The van der Waals surface area contributed by atoms with Gasteiger partial charge in [-0.15, -0.1) is 5.10 Å². The minimum absolute atomic E-state index is 0.186. The van der Waals surface area contributed by atoms with Crippen molar-refractivity contribution in [3.8, 4) is 10.9 Å². The van der Waals surface area contributed by atoms with E-state index in [0.29, 0.717) is 5.56 Å². The van der Waals surface area contributed by atoms with Gasteiger partial charge in [-0.05, 0) is 18.6 Å². The summed E-state index contributed by atoms with van der Waals surface area (Å²) in [6.07, 6.45) is -4.60. The first-order valence-electron chi connectivity index (χ1n) is 4.91. The van der Waals surface area contributed by atoms with E-state index >= 15 is 0 Å². The van der Waals surface area contributed by atoms with Crippen LogP contribution in [0.1, 0.15) is 10.6 Å². The maximum absolute atomic E-state index is 13.5. The quantitative estimate of drug-likeness (QED) is 0.681. The molecule has 0 spiro atoms. The van der Waals surface area contributed by atoms with Gasteiger partial charge >= 0.3 is 6.18 Å². The number of aromatic nitrogens is 2. The Morgan fingerprint density at radius 2 is 1.95 bits per heavy atom. The molecule has 0 amide bonds. The number of hydrogen-bond donors (Lipinski definition) is 1. The van der Waals surface area contributed by atoms with Crippen LogP contribution >= 0.6 is 11.3 Å². The van der Waals surface area contributed by atoms with Gasteiger partial charge in [0.05, 0.1) is 0 Å². The molecule has 1 heterocycles. The van der Waals surface area contributed by atoms with Crippen LogP contribution in [0.3, 0.4) is 0 Å². The highest BCUT2D eigenvalue weighted by Crippen LogP contribution is 2.36. The number of hydrogen-bond acceptors (Lipinski definition) is 5. The smallest absolute Gasteiger partial charge is 0.427 e. The molecule has 0 saturated carbocycles. The highest BCUT2D eigenvalue weighted by atomic mass is 32.1. The van der Waals surface area contributed by atoms with E-state index in [4.69, 9.17) is 10.5 Å². The zero-order valence-corrected chi connectivity index (χ0v) is 10.3. The molecule has 0 unspecified atom stereocenters. The summed E-state index contributed by atoms with van der Waals surface area (Å²) >= 11 is 0.186. The predicted molar refractivity (Wildman–Crippen MR) is 60.5 cm³/mol. The van der Waals surface area contributed by atoms with E-state index in [9.17, 15) is 17.6 Å². The molecule has 0 aliphatic carbocycles. The first kappa shape index (κ1) is 13.5. The zero-order valence-electron chi connectivity index (χ0n) is 9.45. The lowest BCUT2D eigenvalue weighted by atomic mass is 10.2. The van der Waals surface area contributed by atoms with Crippen molar-refractivity contribution in [1.29, 1.82) is 0 Å². The Morgan fingerprint density at radius 1 is 1.26 bits per heavy atom. The Morgan fingerprint density at radius 3 is 2.53 bits per heavy atom. The number of nitrogens with two attached hydrogens (primary N) is 1. The molecule has 0 bridgehead atoms. The minimum atomic E-state index is -4.60. The van der Waals surface area contributed by atoms with Crippen molar-refractivity contribution in [3.63, 3.8) is 0 Å². The SMILES string of the molecule is Cc1cc(Oc2nnc(C(F)(F)F)s2)c(F)cc1N. The lowest BCUT2D eigenvalue weighted by molar-refractivity contribution is -0.138. The molecule has 4 nitrogen and oxygen atoms in total. The maximum Gasteiger partial charge on any atom is 0.445 e. The van der Waals surface area contributed by atoms with Gasteiger partial charge in [0.15, 0.2) is 11.6 Å². The number of halogens is 4. The summed E-state index contributed by atoms with van der Waals surface area (Å²) in [6.45, 7) is 1.61. The van der Waals surface area contributed by atoms with E-state index in [0.717, 1.165) is 6.07 Å². The fourth-order valence-corrected chi connectivity index (χ4v) is 1.78. The maximum atomic E-state index is 13.5. The van der Waals surface area contributed by atoms with Crippen LogP contribution < -0.4 is 10.5 Å². The topological polar surface area (TPSA) is 61.0 Å². The molecule has 0 saturated heterocycles. The highest BCUT2D eigenvalue weighted by Gasteiger charge is 2.36. The van der Waals surface area contributed by atoms with Crippen LogP contribution in [0.5, 0.6) is 10.9 Å². The van der Waals surface area contributed by atoms with Crippen molar-refractivity contribution < 1.29 is 22.3 Å². The number of anilines is 1. The summed E-state index contributed by atoms with van der Waals surface area (Å²) in [7, 11) is 0. The van der Waals surface area contributed by atoms with Gasteiger partial charge in [0, 0.05) is 11.8 Å². The van der Waals surface area contributed by atoms with Crippen molar-refractivity contribution >= 4 is 17.0 Å². The number of benzene rings is 1. The van der Waals surface area contributed by atoms with Crippen molar-refractivity contribution in [2.45, 2.75) is 13.1 Å². The van der Waals surface area contributed by atoms with E-state index in [1.807, 2.05) is 0 Å². The molecule has 9 heteroatoms. The van der Waals surface area contributed by atoms with Crippen molar-refractivity contribution in [2.24, 2.45) is 0 Å². The minimum Gasteiger partial charge on any atom is -0.427 e. The van der Waals surface area contributed by atoms with Crippen LogP contribution in [0.15, 0.2) is 12.1 Å². The zero-order chi connectivity index (χ0) is 14.2. The van der Waals surface area contributed by atoms with Gasteiger partial charge in [0.2, 0.25) is 5.01 Å². The van der Waals surface area contributed by atoms with Crippen molar-refractivity contribution in [3.05, 3.63) is 28.5 Å². The van der Waals surface area contributed by atoms with E-state index in [-0.39, 0.29) is 22.8 Å². The summed E-state index contributed by atoms with van der Waals surface area (Å²) < 4.78 is 55.3. The van der Waals surface area contributed by atoms with E-state index in [1.54, 1.807) is 6.92 Å². The molecule has 0 radical (unpaired) electrons. The van der Waals surface area contributed by atoms with Gasteiger partial charge in [-0.1, -0.05) is 16.4 Å². The number of aryl methyl sites for hydroxylation is 1. The Bertz CT molecular complexity index is 611. The van der Waals surface area contributed by atoms with E-state index in [2.05, 4.69) is 10.2 Å². The van der Waals surface area contributed by atoms with Crippen LogP contribution in [-0.2, 0) is 6.18 Å². The molecule has 2 aromatic rings. The predicted octanol–water partition coefficient (Wildman–Crippen LogP) is 3.38. The monoisotopic (exact) mass is 293 g/mol.